The Morgan fingerprint density at radius 1 is 1.11 bits per heavy atom. The molecular formula is C21H18N4O2. The standard InChI is InChI=1S/C21H18N4O2/c1-25-13-22-12-20(25)19-8-15-7-17(23-10-16(15)11-24-19)9-21(26)14-3-5-18(27-2)6-4-14/h3-8,10-13H,9H2,1-2H3/i2D3. The number of ketones is 1. The summed E-state index contributed by atoms with van der Waals surface area (Å²) in [6.07, 6.45) is 7.04. The van der Waals surface area contributed by atoms with E-state index in [4.69, 9.17) is 8.85 Å². The van der Waals surface area contributed by atoms with Crippen molar-refractivity contribution in [1.82, 2.24) is 19.5 Å². The summed E-state index contributed by atoms with van der Waals surface area (Å²) >= 11 is 0. The van der Waals surface area contributed by atoms with Crippen molar-refractivity contribution in [3.05, 3.63) is 72.6 Å². The van der Waals surface area contributed by atoms with Crippen molar-refractivity contribution >= 4 is 16.6 Å². The van der Waals surface area contributed by atoms with Gasteiger partial charge in [-0.05, 0) is 41.8 Å². The number of aromatic nitrogens is 4. The highest BCUT2D eigenvalue weighted by atomic mass is 16.5. The van der Waals surface area contributed by atoms with Crippen LogP contribution in [0.5, 0.6) is 5.75 Å². The quantitative estimate of drug-likeness (QED) is 0.509. The van der Waals surface area contributed by atoms with Crippen molar-refractivity contribution in [3.8, 4) is 17.1 Å². The molecule has 0 N–H and O–H groups in total. The fraction of sp³-hybridized carbons (Fsp3) is 0.143. The number of benzene rings is 1. The summed E-state index contributed by atoms with van der Waals surface area (Å²) in [7, 11) is -0.622. The molecule has 0 atom stereocenters. The number of hydrogen-bond acceptors (Lipinski definition) is 5. The first kappa shape index (κ1) is 13.6. The number of pyridine rings is 2. The van der Waals surface area contributed by atoms with Crippen LogP contribution in [0.25, 0.3) is 22.2 Å². The van der Waals surface area contributed by atoms with E-state index in [-0.39, 0.29) is 18.0 Å². The molecule has 0 fully saturated rings. The Kier molecular flexibility index (Phi) is 3.53. The molecule has 0 bridgehead atoms. The van der Waals surface area contributed by atoms with E-state index in [9.17, 15) is 4.79 Å². The molecule has 134 valence electrons. The Hall–Kier alpha value is -3.54. The molecule has 3 aromatic heterocycles. The smallest absolute Gasteiger partial charge is 0.168 e. The zero-order valence-corrected chi connectivity index (χ0v) is 14.6. The number of carbonyl (C=O) groups excluding carboxylic acids is 1. The number of ether oxygens (including phenoxy) is 1. The molecule has 0 spiro atoms. The summed E-state index contributed by atoms with van der Waals surface area (Å²) in [5, 5.41) is 1.81. The van der Waals surface area contributed by atoms with Crippen LogP contribution >= 0.6 is 0 Å². The van der Waals surface area contributed by atoms with Crippen molar-refractivity contribution in [2.45, 2.75) is 6.42 Å². The number of Topliss-reactive ketones (excluding diaryl/α,β-unsaturated/α-hetero) is 1. The Bertz CT molecular complexity index is 1220. The van der Waals surface area contributed by atoms with E-state index < -0.39 is 7.04 Å². The summed E-state index contributed by atoms with van der Waals surface area (Å²) in [4.78, 5) is 25.6. The van der Waals surface area contributed by atoms with E-state index >= 15 is 0 Å². The monoisotopic (exact) mass is 361 g/mol. The maximum atomic E-state index is 12.6. The van der Waals surface area contributed by atoms with Crippen LogP contribution in [0.4, 0.5) is 0 Å². The number of carbonyl (C=O) groups is 1. The molecule has 0 amide bonds. The second-order valence-corrected chi connectivity index (χ2v) is 6.21. The van der Waals surface area contributed by atoms with Crippen LogP contribution in [0.1, 0.15) is 20.2 Å². The van der Waals surface area contributed by atoms with Gasteiger partial charge < -0.3 is 9.30 Å². The lowest BCUT2D eigenvalue weighted by atomic mass is 10.0. The van der Waals surface area contributed by atoms with E-state index in [1.54, 1.807) is 37.1 Å². The average molecular weight is 361 g/mol. The lowest BCUT2D eigenvalue weighted by Gasteiger charge is -2.06. The van der Waals surface area contributed by atoms with E-state index in [2.05, 4.69) is 15.0 Å². The van der Waals surface area contributed by atoms with Gasteiger partial charge >= 0.3 is 0 Å². The van der Waals surface area contributed by atoms with Crippen LogP contribution in [-0.2, 0) is 13.5 Å². The summed E-state index contributed by atoms with van der Waals surface area (Å²) in [5.41, 5.74) is 2.78. The minimum absolute atomic E-state index is 0.122. The number of rotatable bonds is 5. The Labute approximate surface area is 160 Å². The summed E-state index contributed by atoms with van der Waals surface area (Å²) in [5.74, 6) is 0.0637. The third-order valence-corrected chi connectivity index (χ3v) is 4.37. The van der Waals surface area contributed by atoms with Gasteiger partial charge in [0.2, 0.25) is 0 Å². The number of aryl methyl sites for hydroxylation is 1. The molecule has 1 aromatic carbocycles. The second-order valence-electron chi connectivity index (χ2n) is 6.21. The zero-order chi connectivity index (χ0) is 21.3. The highest BCUT2D eigenvalue weighted by molar-refractivity contribution is 5.98. The molecule has 0 aliphatic carbocycles. The highest BCUT2D eigenvalue weighted by Crippen LogP contribution is 2.22. The van der Waals surface area contributed by atoms with Crippen molar-refractivity contribution in [2.75, 3.05) is 7.04 Å². The minimum Gasteiger partial charge on any atom is -0.497 e. The lowest BCUT2D eigenvalue weighted by molar-refractivity contribution is 0.0992. The van der Waals surface area contributed by atoms with Gasteiger partial charge in [-0.2, -0.15) is 0 Å². The SMILES string of the molecule is [2H]C([2H])([2H])Oc1ccc(C(=O)Cc2cc3cc(-c4cncn4C)ncc3cn2)cc1. The van der Waals surface area contributed by atoms with E-state index in [1.807, 2.05) is 23.7 Å². The van der Waals surface area contributed by atoms with Gasteiger partial charge in [0.25, 0.3) is 0 Å². The van der Waals surface area contributed by atoms with Crippen LogP contribution in [0.2, 0.25) is 0 Å². The van der Waals surface area contributed by atoms with Crippen LogP contribution in [-0.4, -0.2) is 32.3 Å². The minimum atomic E-state index is -2.52. The molecule has 0 radical (unpaired) electrons. The van der Waals surface area contributed by atoms with Crippen molar-refractivity contribution in [3.63, 3.8) is 0 Å². The molecule has 4 aromatic rings. The normalized spacial score (nSPS) is 13.0. The molecule has 0 saturated heterocycles. The predicted octanol–water partition coefficient (Wildman–Crippen LogP) is 3.46. The Morgan fingerprint density at radius 3 is 2.67 bits per heavy atom. The van der Waals surface area contributed by atoms with E-state index in [0.717, 1.165) is 22.2 Å². The van der Waals surface area contributed by atoms with Crippen LogP contribution < -0.4 is 4.74 Å². The average Bonchev–Trinajstić information content (AvgIpc) is 3.12. The van der Waals surface area contributed by atoms with Gasteiger partial charge in [-0.15, -0.1) is 0 Å². The number of methoxy groups -OCH3 is 1. The number of nitrogens with zero attached hydrogens (tertiary/aromatic N) is 4. The van der Waals surface area contributed by atoms with Gasteiger partial charge in [0.1, 0.15) is 5.75 Å². The highest BCUT2D eigenvalue weighted by Gasteiger charge is 2.10. The zero-order valence-electron chi connectivity index (χ0n) is 17.6. The molecule has 6 nitrogen and oxygen atoms in total. The van der Waals surface area contributed by atoms with Gasteiger partial charge in [-0.1, -0.05) is 0 Å². The molecule has 3 heterocycles. The number of hydrogen-bond donors (Lipinski definition) is 0. The van der Waals surface area contributed by atoms with Crippen molar-refractivity contribution in [1.29, 1.82) is 0 Å². The lowest BCUT2D eigenvalue weighted by Crippen LogP contribution is -2.05. The molecular weight excluding hydrogens is 340 g/mol. The molecule has 4 rings (SSSR count). The van der Waals surface area contributed by atoms with Gasteiger partial charge in [-0.3, -0.25) is 14.8 Å². The molecule has 27 heavy (non-hydrogen) atoms. The second kappa shape index (κ2) is 6.99. The van der Waals surface area contributed by atoms with Crippen molar-refractivity contribution < 1.29 is 13.6 Å². The molecule has 0 unspecified atom stereocenters. The van der Waals surface area contributed by atoms with Crippen molar-refractivity contribution in [2.24, 2.45) is 7.05 Å². The first-order valence-electron chi connectivity index (χ1n) is 9.82. The third kappa shape index (κ3) is 3.42. The van der Waals surface area contributed by atoms with Gasteiger partial charge in [0.15, 0.2) is 5.78 Å². The molecule has 0 saturated carbocycles. The summed E-state index contributed by atoms with van der Waals surface area (Å²) in [6, 6.07) is 9.87. The fourth-order valence-electron chi connectivity index (χ4n) is 2.90. The largest absolute Gasteiger partial charge is 0.497 e. The number of imidazole rings is 1. The summed E-state index contributed by atoms with van der Waals surface area (Å²) in [6.45, 7) is 0. The maximum absolute atomic E-state index is 12.6. The van der Waals surface area contributed by atoms with Crippen LogP contribution in [0, 0.1) is 0 Å². The summed E-state index contributed by atoms with van der Waals surface area (Å²) < 4.78 is 28.1. The third-order valence-electron chi connectivity index (χ3n) is 4.37. The topological polar surface area (TPSA) is 69.9 Å². The van der Waals surface area contributed by atoms with E-state index in [0.29, 0.717) is 11.3 Å². The Balaban J connectivity index is 1.54. The number of fused-ring (bicyclic) bond motifs is 1. The first-order valence-corrected chi connectivity index (χ1v) is 8.32. The first-order chi connectivity index (χ1) is 14.3. The van der Waals surface area contributed by atoms with Crippen LogP contribution in [0.15, 0.2) is 61.3 Å². The van der Waals surface area contributed by atoms with Gasteiger partial charge in [0, 0.05) is 36.1 Å². The predicted molar refractivity (Wildman–Crippen MR) is 103 cm³/mol. The fourth-order valence-corrected chi connectivity index (χ4v) is 2.90. The van der Waals surface area contributed by atoms with Crippen LogP contribution in [0.3, 0.4) is 0 Å². The molecule has 6 heteroatoms. The van der Waals surface area contributed by atoms with Gasteiger partial charge in [0.05, 0.1) is 41.5 Å². The maximum Gasteiger partial charge on any atom is 0.168 e. The molecule has 0 aliphatic heterocycles. The van der Waals surface area contributed by atoms with Gasteiger partial charge in [-0.25, -0.2) is 4.98 Å². The Morgan fingerprint density at radius 2 is 1.93 bits per heavy atom. The molecule has 0 aliphatic rings. The van der Waals surface area contributed by atoms with E-state index in [1.165, 1.54) is 12.1 Å².